The molecule has 108 valence electrons. The van der Waals surface area contributed by atoms with Crippen LogP contribution in [0.15, 0.2) is 18.3 Å². The van der Waals surface area contributed by atoms with Gasteiger partial charge in [0.15, 0.2) is 0 Å². The number of hydrogen-bond donors (Lipinski definition) is 1. The molecule has 1 aliphatic rings. The highest BCUT2D eigenvalue weighted by atomic mass is 16.4. The molecule has 0 saturated heterocycles. The van der Waals surface area contributed by atoms with Crippen molar-refractivity contribution in [2.24, 2.45) is 0 Å². The van der Waals surface area contributed by atoms with E-state index in [1.165, 1.54) is 37.6 Å². The van der Waals surface area contributed by atoms with E-state index in [1.54, 1.807) is 0 Å². The summed E-state index contributed by atoms with van der Waals surface area (Å²) < 4.78 is 0. The first kappa shape index (κ1) is 14.5. The number of aromatic carboxylic acids is 1. The van der Waals surface area contributed by atoms with Gasteiger partial charge in [-0.15, -0.1) is 0 Å². The molecule has 1 amide bonds. The lowest BCUT2D eigenvalue weighted by Crippen LogP contribution is -2.41. The van der Waals surface area contributed by atoms with E-state index in [0.717, 1.165) is 12.8 Å². The molecule has 2 rings (SSSR count). The minimum Gasteiger partial charge on any atom is -0.478 e. The highest BCUT2D eigenvalue weighted by Crippen LogP contribution is 2.23. The van der Waals surface area contributed by atoms with Gasteiger partial charge in [-0.2, -0.15) is 0 Å². The average molecular weight is 276 g/mol. The minimum absolute atomic E-state index is 0.0993. The van der Waals surface area contributed by atoms with Crippen molar-refractivity contribution in [1.82, 2.24) is 9.88 Å². The molecule has 0 atom stereocenters. The second kappa shape index (κ2) is 6.50. The van der Waals surface area contributed by atoms with Crippen LogP contribution in [-0.2, 0) is 0 Å². The molecule has 0 spiro atoms. The fraction of sp³-hybridized carbons (Fsp3) is 0.533. The summed E-state index contributed by atoms with van der Waals surface area (Å²) in [5.41, 5.74) is 0.421. The van der Waals surface area contributed by atoms with Gasteiger partial charge >= 0.3 is 5.97 Å². The van der Waals surface area contributed by atoms with Gasteiger partial charge in [0.05, 0.1) is 5.56 Å². The van der Waals surface area contributed by atoms with Crippen LogP contribution in [0.25, 0.3) is 0 Å². The number of carbonyl (C=O) groups excluding carboxylic acids is 1. The topological polar surface area (TPSA) is 70.5 Å². The lowest BCUT2D eigenvalue weighted by atomic mass is 9.94. The van der Waals surface area contributed by atoms with E-state index in [2.05, 4.69) is 4.98 Å². The Kier molecular flexibility index (Phi) is 4.71. The molecule has 0 aromatic carbocycles. The van der Waals surface area contributed by atoms with Crippen molar-refractivity contribution >= 4 is 11.9 Å². The number of pyridine rings is 1. The lowest BCUT2D eigenvalue weighted by molar-refractivity contribution is 0.0638. The number of carbonyl (C=O) groups is 2. The SMILES string of the molecule is CCN(C(=O)c1ccc(C(=O)O)cn1)C1CCCCC1. The number of carboxylic acid groups (broad SMARTS) is 1. The number of aromatic nitrogens is 1. The third-order valence-corrected chi connectivity index (χ3v) is 3.85. The van der Waals surface area contributed by atoms with Gasteiger partial charge < -0.3 is 10.0 Å². The van der Waals surface area contributed by atoms with E-state index in [9.17, 15) is 9.59 Å². The predicted octanol–water partition coefficient (Wildman–Crippen LogP) is 2.57. The zero-order valence-corrected chi connectivity index (χ0v) is 11.7. The highest BCUT2D eigenvalue weighted by molar-refractivity contribution is 5.94. The third kappa shape index (κ3) is 3.15. The Morgan fingerprint density at radius 1 is 1.30 bits per heavy atom. The van der Waals surface area contributed by atoms with Gasteiger partial charge in [-0.3, -0.25) is 9.78 Å². The molecule has 0 aliphatic heterocycles. The number of amides is 1. The van der Waals surface area contributed by atoms with Crippen molar-refractivity contribution < 1.29 is 14.7 Å². The first-order valence-electron chi connectivity index (χ1n) is 7.13. The van der Waals surface area contributed by atoms with Crippen LogP contribution >= 0.6 is 0 Å². The Morgan fingerprint density at radius 2 is 2.00 bits per heavy atom. The zero-order chi connectivity index (χ0) is 14.5. The second-order valence-corrected chi connectivity index (χ2v) is 5.12. The summed E-state index contributed by atoms with van der Waals surface area (Å²) in [5, 5.41) is 8.84. The molecule has 0 bridgehead atoms. The van der Waals surface area contributed by atoms with Crippen molar-refractivity contribution in [2.45, 2.75) is 45.1 Å². The fourth-order valence-corrected chi connectivity index (χ4v) is 2.75. The monoisotopic (exact) mass is 276 g/mol. The summed E-state index contributed by atoms with van der Waals surface area (Å²) in [5.74, 6) is -1.13. The summed E-state index contributed by atoms with van der Waals surface area (Å²) in [6.07, 6.45) is 6.91. The van der Waals surface area contributed by atoms with Crippen LogP contribution < -0.4 is 0 Å². The van der Waals surface area contributed by atoms with Crippen LogP contribution in [0.2, 0.25) is 0 Å². The summed E-state index contributed by atoms with van der Waals surface area (Å²) in [7, 11) is 0. The van der Waals surface area contributed by atoms with Crippen LogP contribution in [0, 0.1) is 0 Å². The second-order valence-electron chi connectivity index (χ2n) is 5.12. The number of rotatable bonds is 4. The lowest BCUT2D eigenvalue weighted by Gasteiger charge is -2.33. The van der Waals surface area contributed by atoms with Crippen LogP contribution in [0.5, 0.6) is 0 Å². The average Bonchev–Trinajstić information content (AvgIpc) is 2.49. The Bertz CT molecular complexity index is 478. The van der Waals surface area contributed by atoms with Crippen molar-refractivity contribution in [3.63, 3.8) is 0 Å². The smallest absolute Gasteiger partial charge is 0.337 e. The standard InChI is InChI=1S/C15H20N2O3/c1-2-17(12-6-4-3-5-7-12)14(18)13-9-8-11(10-16-13)15(19)20/h8-10,12H,2-7H2,1H3,(H,19,20). The Morgan fingerprint density at radius 3 is 2.50 bits per heavy atom. The van der Waals surface area contributed by atoms with E-state index >= 15 is 0 Å². The van der Waals surface area contributed by atoms with Crippen molar-refractivity contribution in [3.8, 4) is 0 Å². The molecule has 0 radical (unpaired) electrons. The van der Waals surface area contributed by atoms with Crippen LogP contribution in [-0.4, -0.2) is 39.5 Å². The van der Waals surface area contributed by atoms with Gasteiger partial charge in [-0.25, -0.2) is 4.79 Å². The number of hydrogen-bond acceptors (Lipinski definition) is 3. The Hall–Kier alpha value is -1.91. The van der Waals surface area contributed by atoms with Crippen molar-refractivity contribution in [1.29, 1.82) is 0 Å². The molecule has 1 fully saturated rings. The molecule has 20 heavy (non-hydrogen) atoms. The van der Waals surface area contributed by atoms with E-state index in [-0.39, 0.29) is 11.5 Å². The third-order valence-electron chi connectivity index (χ3n) is 3.85. The molecule has 0 unspecified atom stereocenters. The van der Waals surface area contributed by atoms with Gasteiger partial charge in [0.25, 0.3) is 5.91 Å². The highest BCUT2D eigenvalue weighted by Gasteiger charge is 2.25. The first-order chi connectivity index (χ1) is 9.63. The number of carboxylic acids is 1. The molecular formula is C15H20N2O3. The Balaban J connectivity index is 2.13. The molecule has 1 aliphatic carbocycles. The van der Waals surface area contributed by atoms with Gasteiger partial charge in [0.2, 0.25) is 0 Å². The molecule has 1 aromatic rings. The van der Waals surface area contributed by atoms with Crippen molar-refractivity contribution in [2.75, 3.05) is 6.54 Å². The predicted molar refractivity (Wildman–Crippen MR) is 74.8 cm³/mol. The van der Waals surface area contributed by atoms with Gasteiger partial charge in [0, 0.05) is 18.8 Å². The molecule has 5 heteroatoms. The first-order valence-corrected chi connectivity index (χ1v) is 7.13. The van der Waals surface area contributed by atoms with Crippen LogP contribution in [0.4, 0.5) is 0 Å². The number of nitrogens with zero attached hydrogens (tertiary/aromatic N) is 2. The minimum atomic E-state index is -1.03. The van der Waals surface area contributed by atoms with E-state index in [1.807, 2.05) is 11.8 Å². The zero-order valence-electron chi connectivity index (χ0n) is 11.7. The summed E-state index contributed by atoms with van der Waals surface area (Å²) in [6.45, 7) is 2.63. The molecule has 5 nitrogen and oxygen atoms in total. The van der Waals surface area contributed by atoms with Crippen molar-refractivity contribution in [3.05, 3.63) is 29.6 Å². The van der Waals surface area contributed by atoms with Crippen LogP contribution in [0.3, 0.4) is 0 Å². The van der Waals surface area contributed by atoms with E-state index in [0.29, 0.717) is 18.3 Å². The maximum absolute atomic E-state index is 12.5. The maximum atomic E-state index is 12.5. The largest absolute Gasteiger partial charge is 0.478 e. The Labute approximate surface area is 118 Å². The molecule has 1 aromatic heterocycles. The molecule has 1 heterocycles. The fourth-order valence-electron chi connectivity index (χ4n) is 2.75. The quantitative estimate of drug-likeness (QED) is 0.917. The summed E-state index contributed by atoms with van der Waals surface area (Å²) in [6, 6.07) is 3.22. The van der Waals surface area contributed by atoms with Gasteiger partial charge in [-0.1, -0.05) is 19.3 Å². The maximum Gasteiger partial charge on any atom is 0.337 e. The molecule has 1 saturated carbocycles. The molecule has 1 N–H and O–H groups in total. The normalized spacial score (nSPS) is 15.8. The van der Waals surface area contributed by atoms with Gasteiger partial charge in [0.1, 0.15) is 5.69 Å². The van der Waals surface area contributed by atoms with Crippen LogP contribution in [0.1, 0.15) is 59.9 Å². The summed E-state index contributed by atoms with van der Waals surface area (Å²) >= 11 is 0. The summed E-state index contributed by atoms with van der Waals surface area (Å²) in [4.78, 5) is 29.1. The van der Waals surface area contributed by atoms with E-state index < -0.39 is 5.97 Å². The van der Waals surface area contributed by atoms with E-state index in [4.69, 9.17) is 5.11 Å². The van der Waals surface area contributed by atoms with Gasteiger partial charge in [-0.05, 0) is 31.9 Å². The molecular weight excluding hydrogens is 256 g/mol.